The van der Waals surface area contributed by atoms with Crippen LogP contribution in [0.5, 0.6) is 0 Å². The lowest BCUT2D eigenvalue weighted by Crippen LogP contribution is -2.19. The number of rotatable bonds is 5. The number of aryl methyl sites for hydroxylation is 1. The van der Waals surface area contributed by atoms with E-state index in [1.165, 1.54) is 0 Å². The third-order valence-electron chi connectivity index (χ3n) is 2.07. The van der Waals surface area contributed by atoms with Crippen LogP contribution in [0.3, 0.4) is 0 Å². The van der Waals surface area contributed by atoms with Crippen molar-refractivity contribution in [2.75, 3.05) is 18.5 Å². The van der Waals surface area contributed by atoms with E-state index in [0.29, 0.717) is 17.3 Å². The zero-order chi connectivity index (χ0) is 12.0. The van der Waals surface area contributed by atoms with Crippen LogP contribution in [0.1, 0.15) is 18.9 Å². The Morgan fingerprint density at radius 3 is 2.88 bits per heavy atom. The Hall–Kier alpha value is -1.06. The van der Waals surface area contributed by atoms with Crippen LogP contribution in [0.15, 0.2) is 18.2 Å². The Bertz CT molecular complexity index is 346. The van der Waals surface area contributed by atoms with Crippen LogP contribution in [0.2, 0.25) is 5.02 Å². The lowest BCUT2D eigenvalue weighted by molar-refractivity contribution is -0.120. The van der Waals surface area contributed by atoms with E-state index in [4.69, 9.17) is 16.3 Å². The number of halogens is 1. The SMILES string of the molecule is CCCOCC(=O)Nc1c(C)cccc1Cl. The molecule has 3 nitrogen and oxygen atoms in total. The van der Waals surface area contributed by atoms with Gasteiger partial charge in [-0.3, -0.25) is 4.79 Å². The average Bonchev–Trinajstić information content (AvgIpc) is 2.24. The van der Waals surface area contributed by atoms with Crippen LogP contribution in [0.4, 0.5) is 5.69 Å². The number of hydrogen-bond donors (Lipinski definition) is 1. The molecule has 1 aromatic rings. The van der Waals surface area contributed by atoms with E-state index in [1.807, 2.05) is 26.0 Å². The molecule has 0 heterocycles. The zero-order valence-electron chi connectivity index (χ0n) is 9.55. The molecule has 0 saturated heterocycles. The van der Waals surface area contributed by atoms with Gasteiger partial charge in [-0.2, -0.15) is 0 Å². The number of carbonyl (C=O) groups excluding carboxylic acids is 1. The highest BCUT2D eigenvalue weighted by Crippen LogP contribution is 2.24. The highest BCUT2D eigenvalue weighted by Gasteiger charge is 2.07. The standard InChI is InChI=1S/C12H16ClNO2/c1-3-7-16-8-11(15)14-12-9(2)5-4-6-10(12)13/h4-6H,3,7-8H2,1-2H3,(H,14,15). The Balaban J connectivity index is 2.56. The van der Waals surface area contributed by atoms with Gasteiger partial charge in [-0.25, -0.2) is 0 Å². The molecule has 1 N–H and O–H groups in total. The summed E-state index contributed by atoms with van der Waals surface area (Å²) >= 11 is 5.98. The molecule has 0 aromatic heterocycles. The molecule has 0 aliphatic carbocycles. The molecule has 1 aromatic carbocycles. The quantitative estimate of drug-likeness (QED) is 0.805. The molecule has 88 valence electrons. The molecule has 0 aliphatic rings. The van der Waals surface area contributed by atoms with Crippen molar-refractivity contribution in [2.45, 2.75) is 20.3 Å². The number of carbonyl (C=O) groups is 1. The van der Waals surface area contributed by atoms with Gasteiger partial charge >= 0.3 is 0 Å². The molecule has 4 heteroatoms. The molecule has 0 aliphatic heterocycles. The molecule has 0 unspecified atom stereocenters. The first kappa shape index (κ1) is 13.0. The minimum absolute atomic E-state index is 0.0680. The summed E-state index contributed by atoms with van der Waals surface area (Å²) in [6.07, 6.45) is 0.901. The molecule has 16 heavy (non-hydrogen) atoms. The fraction of sp³-hybridized carbons (Fsp3) is 0.417. The highest BCUT2D eigenvalue weighted by molar-refractivity contribution is 6.33. The van der Waals surface area contributed by atoms with Crippen molar-refractivity contribution in [3.05, 3.63) is 28.8 Å². The van der Waals surface area contributed by atoms with Gasteiger partial charge in [0.1, 0.15) is 6.61 Å². The minimum atomic E-state index is -0.176. The van der Waals surface area contributed by atoms with Crippen molar-refractivity contribution in [2.24, 2.45) is 0 Å². The Morgan fingerprint density at radius 1 is 1.50 bits per heavy atom. The van der Waals surface area contributed by atoms with Gasteiger partial charge in [0.2, 0.25) is 5.91 Å². The monoisotopic (exact) mass is 241 g/mol. The number of anilines is 1. The van der Waals surface area contributed by atoms with Crippen molar-refractivity contribution in [3.63, 3.8) is 0 Å². The lowest BCUT2D eigenvalue weighted by atomic mass is 10.2. The smallest absolute Gasteiger partial charge is 0.250 e. The molecule has 0 radical (unpaired) electrons. The largest absolute Gasteiger partial charge is 0.372 e. The Morgan fingerprint density at radius 2 is 2.25 bits per heavy atom. The first-order valence-corrected chi connectivity index (χ1v) is 5.65. The van der Waals surface area contributed by atoms with E-state index in [2.05, 4.69) is 5.32 Å². The molecule has 1 rings (SSSR count). The second-order valence-corrected chi connectivity index (χ2v) is 3.94. The first-order chi connectivity index (χ1) is 7.65. The zero-order valence-corrected chi connectivity index (χ0v) is 10.3. The molecule has 1 amide bonds. The van der Waals surface area contributed by atoms with E-state index in [1.54, 1.807) is 6.07 Å². The topological polar surface area (TPSA) is 38.3 Å². The maximum absolute atomic E-state index is 11.5. The third-order valence-corrected chi connectivity index (χ3v) is 2.38. The van der Waals surface area contributed by atoms with Crippen molar-refractivity contribution in [1.29, 1.82) is 0 Å². The third kappa shape index (κ3) is 3.83. The maximum atomic E-state index is 11.5. The van der Waals surface area contributed by atoms with Gasteiger partial charge in [-0.15, -0.1) is 0 Å². The molecule has 0 bridgehead atoms. The highest BCUT2D eigenvalue weighted by atomic mass is 35.5. The summed E-state index contributed by atoms with van der Waals surface area (Å²) in [4.78, 5) is 11.5. The number of nitrogens with one attached hydrogen (secondary N) is 1. The second kappa shape index (κ2) is 6.51. The lowest BCUT2D eigenvalue weighted by Gasteiger charge is -2.10. The molecule has 0 fully saturated rings. The van der Waals surface area contributed by atoms with E-state index >= 15 is 0 Å². The Kier molecular flexibility index (Phi) is 5.29. The predicted molar refractivity (Wildman–Crippen MR) is 65.9 cm³/mol. The van der Waals surface area contributed by atoms with Crippen molar-refractivity contribution in [3.8, 4) is 0 Å². The normalized spacial score (nSPS) is 10.2. The van der Waals surface area contributed by atoms with Gasteiger partial charge in [0, 0.05) is 6.61 Å². The van der Waals surface area contributed by atoms with Gasteiger partial charge in [-0.1, -0.05) is 30.7 Å². The van der Waals surface area contributed by atoms with Crippen LogP contribution in [-0.2, 0) is 9.53 Å². The summed E-state index contributed by atoms with van der Waals surface area (Å²) in [5, 5.41) is 3.29. The van der Waals surface area contributed by atoms with Gasteiger partial charge in [0.05, 0.1) is 10.7 Å². The number of ether oxygens (including phenoxy) is 1. The fourth-order valence-electron chi connectivity index (χ4n) is 1.27. The van der Waals surface area contributed by atoms with Crippen molar-refractivity contribution < 1.29 is 9.53 Å². The molecule has 0 saturated carbocycles. The molecule has 0 spiro atoms. The summed E-state index contributed by atoms with van der Waals surface area (Å²) < 4.78 is 5.14. The van der Waals surface area contributed by atoms with E-state index in [-0.39, 0.29) is 12.5 Å². The number of para-hydroxylation sites is 1. The van der Waals surface area contributed by atoms with Crippen LogP contribution in [0, 0.1) is 6.92 Å². The molecular weight excluding hydrogens is 226 g/mol. The predicted octanol–water partition coefficient (Wildman–Crippen LogP) is 3.01. The van der Waals surface area contributed by atoms with Crippen LogP contribution in [0.25, 0.3) is 0 Å². The molecular formula is C12H16ClNO2. The summed E-state index contributed by atoms with van der Waals surface area (Å²) in [6, 6.07) is 5.49. The maximum Gasteiger partial charge on any atom is 0.250 e. The fourth-order valence-corrected chi connectivity index (χ4v) is 1.54. The van der Waals surface area contributed by atoms with E-state index in [0.717, 1.165) is 12.0 Å². The summed E-state index contributed by atoms with van der Waals surface area (Å²) in [7, 11) is 0. The summed E-state index contributed by atoms with van der Waals surface area (Å²) in [6.45, 7) is 4.55. The summed E-state index contributed by atoms with van der Waals surface area (Å²) in [5.74, 6) is -0.176. The number of hydrogen-bond acceptors (Lipinski definition) is 2. The first-order valence-electron chi connectivity index (χ1n) is 5.28. The van der Waals surface area contributed by atoms with E-state index in [9.17, 15) is 4.79 Å². The second-order valence-electron chi connectivity index (χ2n) is 3.53. The summed E-state index contributed by atoms with van der Waals surface area (Å²) in [5.41, 5.74) is 1.60. The van der Waals surface area contributed by atoms with Crippen LogP contribution in [-0.4, -0.2) is 19.1 Å². The number of benzene rings is 1. The van der Waals surface area contributed by atoms with Gasteiger partial charge in [0.25, 0.3) is 0 Å². The van der Waals surface area contributed by atoms with Crippen LogP contribution >= 0.6 is 11.6 Å². The Labute approximate surface area is 101 Å². The van der Waals surface area contributed by atoms with E-state index < -0.39 is 0 Å². The van der Waals surface area contributed by atoms with Gasteiger partial charge in [0.15, 0.2) is 0 Å². The number of amides is 1. The molecule has 0 atom stereocenters. The van der Waals surface area contributed by atoms with Crippen molar-refractivity contribution >= 4 is 23.2 Å². The van der Waals surface area contributed by atoms with Gasteiger partial charge < -0.3 is 10.1 Å². The minimum Gasteiger partial charge on any atom is -0.372 e. The average molecular weight is 242 g/mol. The van der Waals surface area contributed by atoms with Crippen molar-refractivity contribution in [1.82, 2.24) is 0 Å². The van der Waals surface area contributed by atoms with Crippen LogP contribution < -0.4 is 5.32 Å². The van der Waals surface area contributed by atoms with Gasteiger partial charge in [-0.05, 0) is 25.0 Å².